The van der Waals surface area contributed by atoms with E-state index in [2.05, 4.69) is 17.1 Å². The van der Waals surface area contributed by atoms with E-state index in [0.29, 0.717) is 11.4 Å². The van der Waals surface area contributed by atoms with Gasteiger partial charge in [-0.1, -0.05) is 65.7 Å². The molecule has 1 atom stereocenters. The van der Waals surface area contributed by atoms with E-state index in [1.165, 1.54) is 11.6 Å². The summed E-state index contributed by atoms with van der Waals surface area (Å²) >= 11 is 0. The normalized spacial score (nSPS) is 14.5. The number of rotatable bonds is 4. The van der Waals surface area contributed by atoms with Gasteiger partial charge in [-0.2, -0.15) is 5.10 Å². The fourth-order valence-electron chi connectivity index (χ4n) is 5.05. The van der Waals surface area contributed by atoms with Gasteiger partial charge in [0.2, 0.25) is 0 Å². The number of fused-ring (bicyclic) bond motifs is 1. The van der Waals surface area contributed by atoms with Crippen molar-refractivity contribution in [2.75, 3.05) is 4.90 Å². The zero-order chi connectivity index (χ0) is 27.3. The van der Waals surface area contributed by atoms with Crippen molar-refractivity contribution < 1.29 is 0 Å². The molecule has 0 radical (unpaired) electrons. The zero-order valence-electron chi connectivity index (χ0n) is 22.2. The lowest BCUT2D eigenvalue weighted by molar-refractivity contribution is 0.651. The van der Waals surface area contributed by atoms with Crippen LogP contribution in [-0.2, 0) is 14.1 Å². The number of hydrogen-bond acceptors (Lipinski definition) is 5. The molecule has 8 nitrogen and oxygen atoms in total. The third-order valence-electron chi connectivity index (χ3n) is 7.24. The minimum absolute atomic E-state index is 0.346. The van der Waals surface area contributed by atoms with Crippen LogP contribution in [0, 0.1) is 13.8 Å². The highest BCUT2D eigenvalue weighted by atomic mass is 16.2. The minimum atomic E-state index is -0.584. The van der Waals surface area contributed by atoms with Crippen molar-refractivity contribution in [2.24, 2.45) is 19.1 Å². The van der Waals surface area contributed by atoms with Crippen LogP contribution >= 0.6 is 0 Å². The van der Waals surface area contributed by atoms with E-state index in [9.17, 15) is 9.59 Å². The summed E-state index contributed by atoms with van der Waals surface area (Å²) < 4.78 is 4.42. The summed E-state index contributed by atoms with van der Waals surface area (Å²) in [4.78, 5) is 33.2. The molecule has 0 N–H and O–H groups in total. The van der Waals surface area contributed by atoms with E-state index in [1.54, 1.807) is 13.4 Å². The molecule has 6 rings (SSSR count). The van der Waals surface area contributed by atoms with Crippen molar-refractivity contribution in [3.05, 3.63) is 128 Å². The summed E-state index contributed by atoms with van der Waals surface area (Å²) in [6.07, 6.45) is 3.68. The Morgan fingerprint density at radius 1 is 0.744 bits per heavy atom. The van der Waals surface area contributed by atoms with Gasteiger partial charge in [0.1, 0.15) is 5.82 Å². The van der Waals surface area contributed by atoms with Gasteiger partial charge in [-0.05, 0) is 38.1 Å². The molecule has 1 aliphatic heterocycles. The molecule has 3 aromatic carbocycles. The number of hydrogen-bond donors (Lipinski definition) is 0. The number of benzene rings is 3. The first-order valence-corrected chi connectivity index (χ1v) is 12.7. The van der Waals surface area contributed by atoms with Gasteiger partial charge in [-0.25, -0.2) is 14.5 Å². The number of para-hydroxylation sites is 1. The molecule has 194 valence electrons. The van der Waals surface area contributed by atoms with Crippen molar-refractivity contribution in [1.29, 1.82) is 0 Å². The van der Waals surface area contributed by atoms with Crippen LogP contribution in [0.5, 0.6) is 0 Å². The average molecular weight is 517 g/mol. The van der Waals surface area contributed by atoms with Crippen molar-refractivity contribution in [3.8, 4) is 16.9 Å². The third kappa shape index (κ3) is 4.10. The molecule has 8 heteroatoms. The maximum absolute atomic E-state index is 13.8. The molecule has 1 aliphatic rings. The first kappa shape index (κ1) is 24.4. The van der Waals surface area contributed by atoms with Gasteiger partial charge < -0.3 is 4.90 Å². The maximum atomic E-state index is 13.8. The van der Waals surface area contributed by atoms with Crippen molar-refractivity contribution in [2.45, 2.75) is 19.9 Å². The molecule has 2 aromatic heterocycles. The van der Waals surface area contributed by atoms with Crippen LogP contribution < -0.4 is 16.1 Å². The predicted molar refractivity (Wildman–Crippen MR) is 154 cm³/mol. The molecule has 5 aromatic rings. The van der Waals surface area contributed by atoms with Gasteiger partial charge in [0, 0.05) is 37.1 Å². The van der Waals surface area contributed by atoms with Crippen molar-refractivity contribution >= 4 is 17.8 Å². The van der Waals surface area contributed by atoms with E-state index in [1.807, 2.05) is 96.4 Å². The topological polar surface area (TPSA) is 77.4 Å². The minimum Gasteiger partial charge on any atom is -0.320 e. The summed E-state index contributed by atoms with van der Waals surface area (Å²) in [5.41, 5.74) is 6.16. The Morgan fingerprint density at radius 3 is 2.05 bits per heavy atom. The molecule has 1 unspecified atom stereocenters. The second kappa shape index (κ2) is 9.40. The monoisotopic (exact) mass is 516 g/mol. The van der Waals surface area contributed by atoms with Crippen molar-refractivity contribution in [3.63, 3.8) is 0 Å². The first-order chi connectivity index (χ1) is 18.8. The van der Waals surface area contributed by atoms with Gasteiger partial charge >= 0.3 is 5.69 Å². The highest BCUT2D eigenvalue weighted by molar-refractivity contribution is 5.87. The standard InChI is InChI=1S/C31H28N6O2/c1-20-10-14-22(15-11-20)27-25(18-37(33-27)24-8-6-5-7-9-24)28-26-29(34(3)31(39)35(4)30(26)38)32-19-36(28)23-16-12-21(2)13-17-23/h5-19,28H,1-4H3. The van der Waals surface area contributed by atoms with Crippen molar-refractivity contribution in [1.82, 2.24) is 18.9 Å². The van der Waals surface area contributed by atoms with Crippen LogP contribution in [0.3, 0.4) is 0 Å². The highest BCUT2D eigenvalue weighted by Gasteiger charge is 2.36. The fourth-order valence-corrected chi connectivity index (χ4v) is 5.05. The average Bonchev–Trinajstić information content (AvgIpc) is 3.40. The summed E-state index contributed by atoms with van der Waals surface area (Å²) in [7, 11) is 3.15. The van der Waals surface area contributed by atoms with E-state index in [0.717, 1.165) is 43.9 Å². The van der Waals surface area contributed by atoms with Gasteiger partial charge in [0.25, 0.3) is 5.56 Å². The molecule has 0 amide bonds. The lowest BCUT2D eigenvalue weighted by Crippen LogP contribution is -2.44. The Kier molecular flexibility index (Phi) is 5.87. The smallest absolute Gasteiger partial charge is 0.320 e. The van der Waals surface area contributed by atoms with Crippen LogP contribution in [-0.4, -0.2) is 25.3 Å². The number of aliphatic imine (C=N–C) groups is 1. The third-order valence-corrected chi connectivity index (χ3v) is 7.24. The first-order valence-electron chi connectivity index (χ1n) is 12.7. The summed E-state index contributed by atoms with van der Waals surface area (Å²) in [5.74, 6) is 0.346. The second-order valence-corrected chi connectivity index (χ2v) is 9.91. The van der Waals surface area contributed by atoms with Crippen LogP contribution in [0.1, 0.15) is 28.3 Å². The Morgan fingerprint density at radius 2 is 1.38 bits per heavy atom. The fraction of sp³-hybridized carbons (Fsp3) is 0.161. The highest BCUT2D eigenvalue weighted by Crippen LogP contribution is 2.41. The Balaban J connectivity index is 1.68. The lowest BCUT2D eigenvalue weighted by Gasteiger charge is -2.34. The summed E-state index contributed by atoms with van der Waals surface area (Å²) in [6.45, 7) is 4.08. The molecule has 0 fully saturated rings. The number of aryl methyl sites for hydroxylation is 2. The molecule has 3 heterocycles. The number of aromatic nitrogens is 4. The summed E-state index contributed by atoms with van der Waals surface area (Å²) in [6, 6.07) is 25.6. The molecular formula is C31H28N6O2. The van der Waals surface area contributed by atoms with Gasteiger partial charge in [-0.15, -0.1) is 0 Å². The molecule has 0 aliphatic carbocycles. The van der Waals surface area contributed by atoms with E-state index >= 15 is 0 Å². The predicted octanol–water partition coefficient (Wildman–Crippen LogP) is 4.82. The molecule has 0 spiro atoms. The zero-order valence-corrected chi connectivity index (χ0v) is 22.2. The second-order valence-electron chi connectivity index (χ2n) is 9.91. The molecule has 0 saturated carbocycles. The van der Waals surface area contributed by atoms with E-state index in [4.69, 9.17) is 5.10 Å². The summed E-state index contributed by atoms with van der Waals surface area (Å²) in [5, 5.41) is 5.03. The Hall–Kier alpha value is -4.98. The Bertz CT molecular complexity index is 1830. The molecular weight excluding hydrogens is 488 g/mol. The SMILES string of the molecule is Cc1ccc(-c2nn(-c3ccccc3)cc2C2c3c(n(C)c(=O)n(C)c3=O)N=CN2c2ccc(C)cc2)cc1. The van der Waals surface area contributed by atoms with Gasteiger partial charge in [0.15, 0.2) is 0 Å². The van der Waals surface area contributed by atoms with Crippen LogP contribution in [0.4, 0.5) is 11.5 Å². The number of anilines is 1. The van der Waals surface area contributed by atoms with E-state index < -0.39 is 11.7 Å². The van der Waals surface area contributed by atoms with Crippen LogP contribution in [0.2, 0.25) is 0 Å². The molecule has 0 bridgehead atoms. The molecule has 0 saturated heterocycles. The van der Waals surface area contributed by atoms with Gasteiger partial charge in [0.05, 0.1) is 29.3 Å². The quantitative estimate of drug-likeness (QED) is 0.343. The Labute approximate surface area is 225 Å². The number of nitrogens with zero attached hydrogens (tertiary/aromatic N) is 6. The van der Waals surface area contributed by atoms with E-state index in [-0.39, 0.29) is 5.56 Å². The maximum Gasteiger partial charge on any atom is 0.332 e. The molecule has 39 heavy (non-hydrogen) atoms. The largest absolute Gasteiger partial charge is 0.332 e. The van der Waals surface area contributed by atoms with Crippen LogP contribution in [0.25, 0.3) is 16.9 Å². The lowest BCUT2D eigenvalue weighted by atomic mass is 9.94. The van der Waals surface area contributed by atoms with Gasteiger partial charge in [-0.3, -0.25) is 13.9 Å². The van der Waals surface area contributed by atoms with Crippen LogP contribution in [0.15, 0.2) is 99.6 Å².